The summed E-state index contributed by atoms with van der Waals surface area (Å²) in [5.41, 5.74) is 0.263. The molecule has 0 aliphatic rings. The van der Waals surface area contributed by atoms with Gasteiger partial charge in [-0.05, 0) is 32.9 Å². The average molecular weight is 206 g/mol. The number of hydrogen-bond donors (Lipinski definition) is 1. The van der Waals surface area contributed by atoms with Gasteiger partial charge in [-0.1, -0.05) is 12.2 Å². The van der Waals surface area contributed by atoms with Gasteiger partial charge in [0.05, 0.1) is 12.6 Å². The topological polar surface area (TPSA) is 38.0 Å². The Balaban J connectivity index is 3.29. The van der Waals surface area contributed by atoms with Crippen LogP contribution in [0.25, 0.3) is 0 Å². The van der Waals surface area contributed by atoms with E-state index in [2.05, 4.69) is 19.9 Å². The van der Waals surface area contributed by atoms with Crippen LogP contribution in [0.5, 0.6) is 5.75 Å². The second-order valence-corrected chi connectivity index (χ2v) is 3.98. The molecule has 0 saturated heterocycles. The summed E-state index contributed by atoms with van der Waals surface area (Å²) in [5, 5.41) is 7.85. The first kappa shape index (κ1) is 11.6. The molecule has 0 unspecified atom stereocenters. The van der Waals surface area contributed by atoms with Gasteiger partial charge >= 0.3 is 0 Å². The molecule has 0 amide bonds. The van der Waals surface area contributed by atoms with E-state index in [0.29, 0.717) is 5.49 Å². The number of hydrogen-bond acceptors (Lipinski definition) is 2. The molecule has 1 aromatic rings. The number of ether oxygens (including phenoxy) is 1. The monoisotopic (exact) mass is 206 g/mol. The van der Waals surface area contributed by atoms with Crippen molar-refractivity contribution in [2.45, 2.75) is 26.3 Å². The first-order chi connectivity index (χ1) is 7.01. The summed E-state index contributed by atoms with van der Waals surface area (Å²) < 4.78 is 7.04. The van der Waals surface area contributed by atoms with Gasteiger partial charge in [-0.25, -0.2) is 0 Å². The molecule has 1 heterocycles. The molecule has 0 fully saturated rings. The molecule has 3 heteroatoms. The van der Waals surface area contributed by atoms with E-state index in [1.807, 2.05) is 23.8 Å². The smallest absolute Gasteiger partial charge is 0.135 e. The maximum atomic E-state index is 7.85. The third kappa shape index (κ3) is 2.49. The van der Waals surface area contributed by atoms with Gasteiger partial charge in [0.15, 0.2) is 0 Å². The average Bonchev–Trinajstić information content (AvgIpc) is 2.18. The quantitative estimate of drug-likeness (QED) is 0.757. The molecule has 0 saturated carbocycles. The van der Waals surface area contributed by atoms with Crippen LogP contribution in [0.1, 0.15) is 20.8 Å². The van der Waals surface area contributed by atoms with Crippen molar-refractivity contribution in [2.75, 3.05) is 7.11 Å². The largest absolute Gasteiger partial charge is 0.495 e. The fourth-order valence-electron chi connectivity index (χ4n) is 1.57. The predicted octanol–water partition coefficient (Wildman–Crippen LogP) is 2.29. The van der Waals surface area contributed by atoms with E-state index in [1.54, 1.807) is 19.2 Å². The molecule has 0 spiro atoms. The molecule has 0 aliphatic heterocycles. The molecule has 1 rings (SSSR count). The van der Waals surface area contributed by atoms with Crippen molar-refractivity contribution in [3.8, 4) is 5.75 Å². The predicted molar refractivity (Wildman–Crippen MR) is 61.0 cm³/mol. The maximum absolute atomic E-state index is 7.85. The highest BCUT2D eigenvalue weighted by Crippen LogP contribution is 2.17. The van der Waals surface area contributed by atoms with Crippen LogP contribution in [0.2, 0.25) is 0 Å². The molecule has 0 aromatic carbocycles. The van der Waals surface area contributed by atoms with Crippen LogP contribution >= 0.6 is 0 Å². The van der Waals surface area contributed by atoms with E-state index in [0.717, 1.165) is 5.75 Å². The van der Waals surface area contributed by atoms with Crippen LogP contribution in [0.15, 0.2) is 30.5 Å². The van der Waals surface area contributed by atoms with Crippen LogP contribution in [-0.4, -0.2) is 11.7 Å². The standard InChI is InChI=1S/C12H18N2O/c1-5-8-12(2,3)14-9-10(15-4)6-7-11(14)13/h5-9,13H,1-4H3/b8-5-,13-11?. The Morgan fingerprint density at radius 2 is 2.07 bits per heavy atom. The zero-order valence-electron chi connectivity index (χ0n) is 9.74. The Bertz CT molecular complexity index is 416. The maximum Gasteiger partial charge on any atom is 0.135 e. The number of methoxy groups -OCH3 is 1. The zero-order valence-corrected chi connectivity index (χ0v) is 9.74. The second-order valence-electron chi connectivity index (χ2n) is 3.98. The van der Waals surface area contributed by atoms with Crippen molar-refractivity contribution in [3.63, 3.8) is 0 Å². The lowest BCUT2D eigenvalue weighted by Crippen LogP contribution is -2.33. The number of pyridine rings is 1. The van der Waals surface area contributed by atoms with Crippen LogP contribution < -0.4 is 10.2 Å². The molecule has 1 N–H and O–H groups in total. The summed E-state index contributed by atoms with van der Waals surface area (Å²) in [6.45, 7) is 6.10. The summed E-state index contributed by atoms with van der Waals surface area (Å²) in [6.07, 6.45) is 5.90. The molecule has 0 aliphatic carbocycles. The van der Waals surface area contributed by atoms with Gasteiger partial charge in [0.25, 0.3) is 0 Å². The molecule has 1 aromatic heterocycles. The van der Waals surface area contributed by atoms with Crippen molar-refractivity contribution < 1.29 is 4.74 Å². The normalized spacial score (nSPS) is 12.0. The lowest BCUT2D eigenvalue weighted by atomic mass is 10.0. The Morgan fingerprint density at radius 1 is 1.40 bits per heavy atom. The Hall–Kier alpha value is -1.51. The number of aromatic nitrogens is 1. The molecule has 0 atom stereocenters. The molecule has 82 valence electrons. The van der Waals surface area contributed by atoms with Gasteiger partial charge in [-0.15, -0.1) is 0 Å². The van der Waals surface area contributed by atoms with Crippen molar-refractivity contribution in [1.82, 2.24) is 4.57 Å². The van der Waals surface area contributed by atoms with Gasteiger partial charge in [0.2, 0.25) is 0 Å². The molecular formula is C12H18N2O. The summed E-state index contributed by atoms with van der Waals surface area (Å²) in [6, 6.07) is 3.54. The summed E-state index contributed by atoms with van der Waals surface area (Å²) >= 11 is 0. The van der Waals surface area contributed by atoms with Gasteiger partial charge in [-0.3, -0.25) is 5.41 Å². The van der Waals surface area contributed by atoms with Crippen molar-refractivity contribution in [3.05, 3.63) is 36.0 Å². The summed E-state index contributed by atoms with van der Waals surface area (Å²) in [4.78, 5) is 0. The number of allylic oxidation sites excluding steroid dienone is 2. The summed E-state index contributed by atoms with van der Waals surface area (Å²) in [5.74, 6) is 0.767. The second kappa shape index (κ2) is 4.34. The zero-order chi connectivity index (χ0) is 11.5. The number of nitrogens with zero attached hydrogens (tertiary/aromatic N) is 1. The van der Waals surface area contributed by atoms with Gasteiger partial charge in [0.1, 0.15) is 11.2 Å². The van der Waals surface area contributed by atoms with Crippen LogP contribution in [0, 0.1) is 5.41 Å². The third-order valence-electron chi connectivity index (χ3n) is 2.35. The highest BCUT2D eigenvalue weighted by Gasteiger charge is 2.16. The minimum absolute atomic E-state index is 0.208. The minimum atomic E-state index is -0.208. The summed E-state index contributed by atoms with van der Waals surface area (Å²) in [7, 11) is 1.63. The number of rotatable bonds is 3. The van der Waals surface area contributed by atoms with E-state index in [-0.39, 0.29) is 5.54 Å². The van der Waals surface area contributed by atoms with Crippen molar-refractivity contribution in [2.24, 2.45) is 0 Å². The third-order valence-corrected chi connectivity index (χ3v) is 2.35. The lowest BCUT2D eigenvalue weighted by Gasteiger charge is -2.25. The Labute approximate surface area is 90.5 Å². The van der Waals surface area contributed by atoms with Crippen LogP contribution in [0.4, 0.5) is 0 Å². The highest BCUT2D eigenvalue weighted by atomic mass is 16.5. The van der Waals surface area contributed by atoms with Crippen LogP contribution in [-0.2, 0) is 5.54 Å². The molecule has 0 bridgehead atoms. The van der Waals surface area contributed by atoms with Gasteiger partial charge < -0.3 is 9.30 Å². The molecule has 3 nitrogen and oxygen atoms in total. The number of nitrogens with one attached hydrogen (secondary N) is 1. The molecular weight excluding hydrogens is 188 g/mol. The van der Waals surface area contributed by atoms with E-state index < -0.39 is 0 Å². The van der Waals surface area contributed by atoms with Gasteiger partial charge in [0, 0.05) is 6.20 Å². The molecule has 0 radical (unpaired) electrons. The SMILES string of the molecule is C/C=C\C(C)(C)n1cc(OC)ccc1=N. The van der Waals surface area contributed by atoms with E-state index >= 15 is 0 Å². The Kier molecular flexibility index (Phi) is 3.35. The van der Waals surface area contributed by atoms with E-state index in [1.165, 1.54) is 0 Å². The van der Waals surface area contributed by atoms with Crippen molar-refractivity contribution in [1.29, 1.82) is 5.41 Å². The molecule has 15 heavy (non-hydrogen) atoms. The van der Waals surface area contributed by atoms with Crippen LogP contribution in [0.3, 0.4) is 0 Å². The minimum Gasteiger partial charge on any atom is -0.495 e. The fraction of sp³-hybridized carbons (Fsp3) is 0.417. The van der Waals surface area contributed by atoms with Crippen molar-refractivity contribution >= 4 is 0 Å². The van der Waals surface area contributed by atoms with Gasteiger partial charge in [-0.2, -0.15) is 0 Å². The fourth-order valence-corrected chi connectivity index (χ4v) is 1.57. The first-order valence-corrected chi connectivity index (χ1v) is 4.97. The highest BCUT2D eigenvalue weighted by molar-refractivity contribution is 5.18. The van der Waals surface area contributed by atoms with E-state index in [4.69, 9.17) is 10.1 Å². The lowest BCUT2D eigenvalue weighted by molar-refractivity contribution is 0.384. The Morgan fingerprint density at radius 3 is 2.60 bits per heavy atom. The van der Waals surface area contributed by atoms with E-state index in [9.17, 15) is 0 Å². The first-order valence-electron chi connectivity index (χ1n) is 4.97.